The largest absolute Gasteiger partial charge is 0.432 e. The molecule has 3 rings (SSSR count). The lowest BCUT2D eigenvalue weighted by molar-refractivity contribution is -0.304. The number of hydrazone groups is 1. The van der Waals surface area contributed by atoms with Crippen LogP contribution < -0.4 is 16.1 Å². The van der Waals surface area contributed by atoms with Crippen LogP contribution in [0.4, 0.5) is 43.4 Å². The van der Waals surface area contributed by atoms with Gasteiger partial charge in [-0.15, -0.1) is 0 Å². The van der Waals surface area contributed by atoms with Crippen molar-refractivity contribution in [1.29, 1.82) is 0 Å². The number of anilines is 3. The molecule has 0 aromatic heterocycles. The van der Waals surface area contributed by atoms with Crippen LogP contribution in [0.1, 0.15) is 47.3 Å². The summed E-state index contributed by atoms with van der Waals surface area (Å²) in [5.74, 6) is -5.37. The summed E-state index contributed by atoms with van der Waals surface area (Å²) < 4.78 is 83.0. The van der Waals surface area contributed by atoms with Gasteiger partial charge in [-0.2, -0.15) is 18.3 Å². The van der Waals surface area contributed by atoms with Crippen molar-refractivity contribution in [3.63, 3.8) is 0 Å². The molecule has 35 heavy (non-hydrogen) atoms. The molecule has 1 aliphatic rings. The standard InChI is InChI=1S/C24H24F6N4O/c1-4-15-12-17(23(27,22(3,25)26)24(28,29)30)11-14(2)20(15)33-21(35)16-7-8-19(18(31)13-16)34-10-6-5-9-32-34/h6-13H,4-5,31H2,1-3H3,(H,33,35). The van der Waals surface area contributed by atoms with Gasteiger partial charge in [0.05, 0.1) is 11.4 Å². The minimum atomic E-state index is -5.86. The summed E-state index contributed by atoms with van der Waals surface area (Å²) in [6.45, 7) is 2.74. The van der Waals surface area contributed by atoms with E-state index in [1.807, 2.05) is 6.08 Å². The Kier molecular flexibility index (Phi) is 6.92. The van der Waals surface area contributed by atoms with Crippen molar-refractivity contribution in [3.05, 3.63) is 64.9 Å². The minimum Gasteiger partial charge on any atom is -0.397 e. The second-order valence-corrected chi connectivity index (χ2v) is 8.22. The first kappa shape index (κ1) is 26.1. The number of amides is 1. The van der Waals surface area contributed by atoms with Gasteiger partial charge in [-0.3, -0.25) is 4.79 Å². The molecule has 1 aliphatic heterocycles. The number of carbonyl (C=O) groups excluding carboxylic acids is 1. The Morgan fingerprint density at radius 2 is 1.83 bits per heavy atom. The molecule has 1 unspecified atom stereocenters. The molecule has 1 atom stereocenters. The molecule has 3 N–H and O–H groups in total. The van der Waals surface area contributed by atoms with Gasteiger partial charge in [0.15, 0.2) is 0 Å². The summed E-state index contributed by atoms with van der Waals surface area (Å²) in [7, 11) is 0. The number of carbonyl (C=O) groups is 1. The Hall–Kier alpha value is -3.50. The summed E-state index contributed by atoms with van der Waals surface area (Å²) in [4.78, 5) is 12.9. The molecule has 0 aliphatic carbocycles. The van der Waals surface area contributed by atoms with Gasteiger partial charge in [0.25, 0.3) is 17.5 Å². The van der Waals surface area contributed by atoms with E-state index in [2.05, 4.69) is 10.4 Å². The van der Waals surface area contributed by atoms with Crippen molar-refractivity contribution >= 4 is 29.2 Å². The minimum absolute atomic E-state index is 0.000563. The van der Waals surface area contributed by atoms with Crippen LogP contribution in [0.2, 0.25) is 0 Å². The second-order valence-electron chi connectivity index (χ2n) is 8.22. The number of benzene rings is 2. The molecule has 5 nitrogen and oxygen atoms in total. The van der Waals surface area contributed by atoms with Crippen LogP contribution in [0.25, 0.3) is 0 Å². The summed E-state index contributed by atoms with van der Waals surface area (Å²) in [5, 5.41) is 8.30. The van der Waals surface area contributed by atoms with Crippen LogP contribution in [0, 0.1) is 6.92 Å². The van der Waals surface area contributed by atoms with Gasteiger partial charge in [0.2, 0.25) is 0 Å². The van der Waals surface area contributed by atoms with Gasteiger partial charge in [0, 0.05) is 42.6 Å². The molecule has 1 heterocycles. The molecule has 0 bridgehead atoms. The van der Waals surface area contributed by atoms with Crippen LogP contribution in [-0.4, -0.2) is 24.2 Å². The van der Waals surface area contributed by atoms with Crippen LogP contribution in [0.5, 0.6) is 0 Å². The van der Waals surface area contributed by atoms with Crippen molar-refractivity contribution in [2.75, 3.05) is 16.1 Å². The van der Waals surface area contributed by atoms with E-state index in [-0.39, 0.29) is 41.4 Å². The first-order chi connectivity index (χ1) is 16.2. The Morgan fingerprint density at radius 1 is 1.14 bits per heavy atom. The monoisotopic (exact) mass is 498 g/mol. The molecule has 2 aromatic carbocycles. The molecule has 188 valence electrons. The normalized spacial score (nSPS) is 15.7. The molecule has 1 amide bonds. The first-order valence-corrected chi connectivity index (χ1v) is 10.7. The number of rotatable bonds is 6. The zero-order valence-corrected chi connectivity index (χ0v) is 19.2. The lowest BCUT2D eigenvalue weighted by Gasteiger charge is -2.34. The number of nitrogen functional groups attached to an aromatic ring is 1. The van der Waals surface area contributed by atoms with E-state index in [1.165, 1.54) is 24.1 Å². The van der Waals surface area contributed by atoms with Gasteiger partial charge in [0.1, 0.15) is 0 Å². The number of hydrogen-bond donors (Lipinski definition) is 2. The Balaban J connectivity index is 1.96. The maximum absolute atomic E-state index is 14.9. The second kappa shape index (κ2) is 9.27. The van der Waals surface area contributed by atoms with Crippen molar-refractivity contribution < 1.29 is 31.1 Å². The van der Waals surface area contributed by atoms with E-state index < -0.39 is 29.2 Å². The SMILES string of the molecule is CCc1cc(C(F)(C(C)(F)F)C(F)(F)F)cc(C)c1NC(=O)c1ccc(N2C=CCC=N2)c(N)c1. The Morgan fingerprint density at radius 3 is 2.34 bits per heavy atom. The number of aryl methyl sites for hydroxylation is 2. The van der Waals surface area contributed by atoms with Crippen molar-refractivity contribution in [1.82, 2.24) is 0 Å². The van der Waals surface area contributed by atoms with Crippen molar-refractivity contribution in [2.45, 2.75) is 51.4 Å². The van der Waals surface area contributed by atoms with Crippen LogP contribution in [0.3, 0.4) is 0 Å². The van der Waals surface area contributed by atoms with Crippen LogP contribution >= 0.6 is 0 Å². The number of nitrogens with two attached hydrogens (primary N) is 1. The summed E-state index contributed by atoms with van der Waals surface area (Å²) in [5.41, 5.74) is 1.06. The molecule has 0 spiro atoms. The average Bonchev–Trinajstić information content (AvgIpc) is 2.78. The molecule has 0 saturated carbocycles. The number of halogens is 6. The fraction of sp³-hybridized carbons (Fsp3) is 0.333. The lowest BCUT2D eigenvalue weighted by atomic mass is 9.86. The van der Waals surface area contributed by atoms with Gasteiger partial charge in [-0.25, -0.2) is 18.2 Å². The van der Waals surface area contributed by atoms with E-state index in [0.717, 1.165) is 0 Å². The smallest absolute Gasteiger partial charge is 0.397 e. The first-order valence-electron chi connectivity index (χ1n) is 10.7. The van der Waals surface area contributed by atoms with E-state index >= 15 is 0 Å². The summed E-state index contributed by atoms with van der Waals surface area (Å²) in [6, 6.07) is 5.87. The van der Waals surface area contributed by atoms with Gasteiger partial charge >= 0.3 is 6.18 Å². The van der Waals surface area contributed by atoms with Gasteiger partial charge in [-0.05, 0) is 48.7 Å². The number of nitrogens with zero attached hydrogens (tertiary/aromatic N) is 2. The molecular formula is C24H24F6N4O. The van der Waals surface area contributed by atoms with Gasteiger partial charge < -0.3 is 11.1 Å². The number of hydrogen-bond acceptors (Lipinski definition) is 4. The molecule has 0 radical (unpaired) electrons. The predicted molar refractivity (Wildman–Crippen MR) is 124 cm³/mol. The van der Waals surface area contributed by atoms with Crippen molar-refractivity contribution in [2.24, 2.45) is 5.10 Å². The van der Waals surface area contributed by atoms with Crippen molar-refractivity contribution in [3.8, 4) is 0 Å². The Labute approximate surface area is 198 Å². The average molecular weight is 498 g/mol. The maximum Gasteiger partial charge on any atom is 0.432 e. The zero-order chi connectivity index (χ0) is 26.2. The van der Waals surface area contributed by atoms with Crippen LogP contribution in [-0.2, 0) is 12.1 Å². The highest BCUT2D eigenvalue weighted by Gasteiger charge is 2.70. The van der Waals surface area contributed by atoms with E-state index in [9.17, 15) is 31.1 Å². The molecule has 11 heteroatoms. The maximum atomic E-state index is 14.9. The summed E-state index contributed by atoms with van der Waals surface area (Å²) >= 11 is 0. The van der Waals surface area contributed by atoms with E-state index in [0.29, 0.717) is 24.2 Å². The predicted octanol–water partition coefficient (Wildman–Crippen LogP) is 6.48. The van der Waals surface area contributed by atoms with E-state index in [1.54, 1.807) is 25.4 Å². The molecule has 0 fully saturated rings. The summed E-state index contributed by atoms with van der Waals surface area (Å²) in [6.07, 6.45) is 0.129. The zero-order valence-electron chi connectivity index (χ0n) is 19.2. The number of allylic oxidation sites excluding steroid dienone is 1. The van der Waals surface area contributed by atoms with Gasteiger partial charge in [-0.1, -0.05) is 19.1 Å². The quantitative estimate of drug-likeness (QED) is 0.354. The van der Waals surface area contributed by atoms with Crippen LogP contribution in [0.15, 0.2) is 47.7 Å². The fourth-order valence-electron chi connectivity index (χ4n) is 3.81. The highest BCUT2D eigenvalue weighted by atomic mass is 19.4. The Bertz CT molecular complexity index is 1160. The fourth-order valence-corrected chi connectivity index (χ4v) is 3.81. The third kappa shape index (κ3) is 4.85. The highest BCUT2D eigenvalue weighted by Crippen LogP contribution is 2.53. The van der Waals surface area contributed by atoms with E-state index in [4.69, 9.17) is 5.73 Å². The molecular weight excluding hydrogens is 474 g/mol. The number of alkyl halides is 6. The number of nitrogens with one attached hydrogen (secondary N) is 1. The topological polar surface area (TPSA) is 70.7 Å². The third-order valence-electron chi connectivity index (χ3n) is 5.66. The lowest BCUT2D eigenvalue weighted by Crippen LogP contribution is -2.51. The third-order valence-corrected chi connectivity index (χ3v) is 5.66. The highest BCUT2D eigenvalue weighted by molar-refractivity contribution is 6.06. The molecule has 0 saturated heterocycles. The molecule has 2 aromatic rings.